The Balaban J connectivity index is 1.70. The molecule has 0 spiro atoms. The lowest BCUT2D eigenvalue weighted by atomic mass is 10.1. The maximum absolute atomic E-state index is 13.6. The molecule has 0 radical (unpaired) electrons. The first-order valence-electron chi connectivity index (χ1n) is 10.3. The van der Waals surface area contributed by atoms with Crippen LogP contribution in [0, 0.1) is 23.0 Å². The number of nitriles is 1. The number of nitrogens with zero attached hydrogens (tertiary/aromatic N) is 2. The highest BCUT2D eigenvalue weighted by molar-refractivity contribution is 6.04. The highest BCUT2D eigenvalue weighted by atomic mass is 19.1. The van der Waals surface area contributed by atoms with E-state index in [1.807, 2.05) is 6.07 Å². The zero-order valence-corrected chi connectivity index (χ0v) is 17.7. The molecule has 8 heteroatoms. The van der Waals surface area contributed by atoms with Gasteiger partial charge in [-0.1, -0.05) is 12.1 Å². The van der Waals surface area contributed by atoms with Gasteiger partial charge in [-0.3, -0.25) is 9.59 Å². The quantitative estimate of drug-likeness (QED) is 0.542. The predicted octanol–water partition coefficient (Wildman–Crippen LogP) is 4.08. The van der Waals surface area contributed by atoms with Gasteiger partial charge in [0.15, 0.2) is 0 Å². The second-order valence-electron chi connectivity index (χ2n) is 7.37. The molecule has 6 nitrogen and oxygen atoms in total. The Morgan fingerprint density at radius 2 is 1.58 bits per heavy atom. The van der Waals surface area contributed by atoms with E-state index < -0.39 is 17.5 Å². The number of carbonyl (C=O) groups excluding carboxylic acids is 2. The first kappa shape index (κ1) is 23.6. The number of nitrogens with two attached hydrogens (primary N) is 1. The van der Waals surface area contributed by atoms with Gasteiger partial charge in [0, 0.05) is 36.0 Å². The number of hydrogen-bond donors (Lipinski definition) is 2. The lowest BCUT2D eigenvalue weighted by Gasteiger charge is -2.23. The molecule has 3 N–H and O–H groups in total. The Bertz CT molecular complexity index is 1150. The minimum atomic E-state index is -0.820. The van der Waals surface area contributed by atoms with Crippen molar-refractivity contribution in [2.24, 2.45) is 5.73 Å². The number of nitrogens with one attached hydrogen (secondary N) is 1. The summed E-state index contributed by atoms with van der Waals surface area (Å²) in [6, 6.07) is 17.9. The standard InChI is InChI=1S/C25H22F2N4O2/c26-21-12-20(13-22(27)14-21)25(33)31(11-1-10-28)16-18-4-8-23(9-5-18)30-24(32)19-6-2-17(15-29)3-7-19/h2-9,12-14H,1,10-11,16,28H2,(H,30,32). The Hall–Kier alpha value is -4.09. The van der Waals surface area contributed by atoms with E-state index in [0.717, 1.165) is 17.7 Å². The summed E-state index contributed by atoms with van der Waals surface area (Å²) in [5.74, 6) is -2.46. The molecule has 0 heterocycles. The van der Waals surface area contributed by atoms with Crippen molar-refractivity contribution in [1.29, 1.82) is 5.26 Å². The van der Waals surface area contributed by atoms with Crippen LogP contribution >= 0.6 is 0 Å². The van der Waals surface area contributed by atoms with Crippen LogP contribution in [0.25, 0.3) is 0 Å². The van der Waals surface area contributed by atoms with Crippen molar-refractivity contribution in [3.05, 3.63) is 101 Å². The van der Waals surface area contributed by atoms with Gasteiger partial charge in [0.25, 0.3) is 11.8 Å². The molecule has 0 aliphatic rings. The molecular weight excluding hydrogens is 426 g/mol. The third kappa shape index (κ3) is 6.45. The van der Waals surface area contributed by atoms with Crippen molar-refractivity contribution >= 4 is 17.5 Å². The maximum atomic E-state index is 13.6. The third-order valence-electron chi connectivity index (χ3n) is 4.89. The summed E-state index contributed by atoms with van der Waals surface area (Å²) in [6.45, 7) is 0.896. The van der Waals surface area contributed by atoms with E-state index >= 15 is 0 Å². The zero-order chi connectivity index (χ0) is 23.8. The third-order valence-corrected chi connectivity index (χ3v) is 4.89. The fourth-order valence-electron chi connectivity index (χ4n) is 3.21. The number of anilines is 1. The molecule has 0 saturated heterocycles. The zero-order valence-electron chi connectivity index (χ0n) is 17.7. The van der Waals surface area contributed by atoms with Crippen LogP contribution in [0.3, 0.4) is 0 Å². The number of carbonyl (C=O) groups is 2. The number of benzene rings is 3. The van der Waals surface area contributed by atoms with Crippen LogP contribution in [0.15, 0.2) is 66.7 Å². The number of amides is 2. The summed E-state index contributed by atoms with van der Waals surface area (Å²) in [6.07, 6.45) is 0.530. The van der Waals surface area contributed by atoms with Crippen LogP contribution in [0.5, 0.6) is 0 Å². The topological polar surface area (TPSA) is 99.2 Å². The Labute approximate surface area is 190 Å². The maximum Gasteiger partial charge on any atom is 0.255 e. The summed E-state index contributed by atoms with van der Waals surface area (Å²) in [4.78, 5) is 26.7. The minimum absolute atomic E-state index is 0.0733. The highest BCUT2D eigenvalue weighted by Gasteiger charge is 2.18. The SMILES string of the molecule is N#Cc1ccc(C(=O)Nc2ccc(CN(CCCN)C(=O)c3cc(F)cc(F)c3)cc2)cc1. The van der Waals surface area contributed by atoms with E-state index in [9.17, 15) is 18.4 Å². The number of hydrogen-bond acceptors (Lipinski definition) is 4. The van der Waals surface area contributed by atoms with Crippen molar-refractivity contribution in [3.8, 4) is 6.07 Å². The van der Waals surface area contributed by atoms with Gasteiger partial charge < -0.3 is 16.0 Å². The molecule has 0 bridgehead atoms. The molecule has 33 heavy (non-hydrogen) atoms. The van der Waals surface area contributed by atoms with Crippen LogP contribution in [0.4, 0.5) is 14.5 Å². The van der Waals surface area contributed by atoms with Crippen molar-refractivity contribution in [1.82, 2.24) is 4.90 Å². The van der Waals surface area contributed by atoms with Gasteiger partial charge in [0.2, 0.25) is 0 Å². The van der Waals surface area contributed by atoms with Crippen LogP contribution in [-0.4, -0.2) is 29.8 Å². The summed E-state index contributed by atoms with van der Waals surface area (Å²) < 4.78 is 27.1. The van der Waals surface area contributed by atoms with Crippen molar-refractivity contribution < 1.29 is 18.4 Å². The molecule has 168 valence electrons. The molecule has 0 aliphatic heterocycles. The summed E-state index contributed by atoms with van der Waals surface area (Å²) in [5.41, 5.74) is 7.71. The van der Waals surface area contributed by atoms with Crippen LogP contribution in [0.2, 0.25) is 0 Å². The Morgan fingerprint density at radius 1 is 0.939 bits per heavy atom. The lowest BCUT2D eigenvalue weighted by Crippen LogP contribution is -2.32. The Kier molecular flexibility index (Phi) is 7.84. The normalized spacial score (nSPS) is 10.4. The molecule has 0 atom stereocenters. The van der Waals surface area contributed by atoms with Gasteiger partial charge in [-0.25, -0.2) is 8.78 Å². The first-order valence-corrected chi connectivity index (χ1v) is 10.3. The summed E-state index contributed by atoms with van der Waals surface area (Å²) in [7, 11) is 0. The van der Waals surface area contributed by atoms with E-state index in [1.54, 1.807) is 48.5 Å². The molecule has 0 aliphatic carbocycles. The molecule has 0 saturated carbocycles. The van der Waals surface area contributed by atoms with E-state index in [-0.39, 0.29) is 18.0 Å². The molecular formula is C25H22F2N4O2. The fourth-order valence-corrected chi connectivity index (χ4v) is 3.21. The van der Waals surface area contributed by atoms with Crippen LogP contribution in [-0.2, 0) is 6.54 Å². The van der Waals surface area contributed by atoms with E-state index in [4.69, 9.17) is 11.0 Å². The minimum Gasteiger partial charge on any atom is -0.334 e. The van der Waals surface area contributed by atoms with Gasteiger partial charge in [0.05, 0.1) is 11.6 Å². The first-order chi connectivity index (χ1) is 15.9. The lowest BCUT2D eigenvalue weighted by molar-refractivity contribution is 0.0741. The van der Waals surface area contributed by atoms with Gasteiger partial charge in [0.1, 0.15) is 11.6 Å². The molecule has 3 aromatic rings. The molecule has 2 amide bonds. The second kappa shape index (κ2) is 11.0. The molecule has 0 aromatic heterocycles. The van der Waals surface area contributed by atoms with E-state index in [1.165, 1.54) is 4.90 Å². The van der Waals surface area contributed by atoms with Crippen molar-refractivity contribution in [2.45, 2.75) is 13.0 Å². The highest BCUT2D eigenvalue weighted by Crippen LogP contribution is 2.17. The molecule has 3 rings (SSSR count). The fraction of sp³-hybridized carbons (Fsp3) is 0.160. The molecule has 0 unspecified atom stereocenters. The average Bonchev–Trinajstić information content (AvgIpc) is 2.81. The number of halogens is 2. The predicted molar refractivity (Wildman–Crippen MR) is 120 cm³/mol. The molecule has 3 aromatic carbocycles. The summed E-state index contributed by atoms with van der Waals surface area (Å²) in [5, 5.41) is 11.6. The van der Waals surface area contributed by atoms with Gasteiger partial charge >= 0.3 is 0 Å². The van der Waals surface area contributed by atoms with Gasteiger partial charge in [-0.05, 0) is 67.1 Å². The molecule has 0 fully saturated rings. The van der Waals surface area contributed by atoms with Crippen molar-refractivity contribution in [3.63, 3.8) is 0 Å². The van der Waals surface area contributed by atoms with E-state index in [0.29, 0.717) is 42.4 Å². The van der Waals surface area contributed by atoms with Crippen molar-refractivity contribution in [2.75, 3.05) is 18.4 Å². The Morgan fingerprint density at radius 3 is 2.15 bits per heavy atom. The van der Waals surface area contributed by atoms with Crippen LogP contribution < -0.4 is 11.1 Å². The van der Waals surface area contributed by atoms with Crippen LogP contribution in [0.1, 0.15) is 38.3 Å². The number of rotatable bonds is 8. The van der Waals surface area contributed by atoms with Gasteiger partial charge in [-0.2, -0.15) is 5.26 Å². The second-order valence-corrected chi connectivity index (χ2v) is 7.37. The summed E-state index contributed by atoms with van der Waals surface area (Å²) >= 11 is 0. The monoisotopic (exact) mass is 448 g/mol. The van der Waals surface area contributed by atoms with E-state index in [2.05, 4.69) is 5.32 Å². The van der Waals surface area contributed by atoms with Gasteiger partial charge in [-0.15, -0.1) is 0 Å². The average molecular weight is 448 g/mol. The smallest absolute Gasteiger partial charge is 0.255 e. The largest absolute Gasteiger partial charge is 0.334 e.